The van der Waals surface area contributed by atoms with Gasteiger partial charge in [-0.1, -0.05) is 0 Å². The molecule has 0 aromatic rings. The molecule has 1 saturated heterocycles. The molecule has 2 atom stereocenters. The lowest BCUT2D eigenvalue weighted by molar-refractivity contribution is -0.143. The lowest BCUT2D eigenvalue weighted by Gasteiger charge is -2.26. The van der Waals surface area contributed by atoms with Crippen molar-refractivity contribution in [2.75, 3.05) is 54.0 Å². The predicted molar refractivity (Wildman–Crippen MR) is 78.6 cm³/mol. The second kappa shape index (κ2) is 9.28. The van der Waals surface area contributed by atoms with E-state index >= 15 is 0 Å². The fourth-order valence-electron chi connectivity index (χ4n) is 2.38. The van der Waals surface area contributed by atoms with Gasteiger partial charge in [0.15, 0.2) is 0 Å². The van der Waals surface area contributed by atoms with Crippen molar-refractivity contribution < 1.29 is 14.3 Å². The number of hydrogen-bond acceptors (Lipinski definition) is 5. The van der Waals surface area contributed by atoms with Crippen LogP contribution in [-0.4, -0.2) is 81.9 Å². The van der Waals surface area contributed by atoms with Crippen molar-refractivity contribution in [3.8, 4) is 0 Å². The first kappa shape index (κ1) is 17.4. The fourth-order valence-corrected chi connectivity index (χ4v) is 2.38. The monoisotopic (exact) mass is 287 g/mol. The van der Waals surface area contributed by atoms with Gasteiger partial charge < -0.3 is 25.0 Å². The Balaban J connectivity index is 2.46. The number of rotatable bonds is 9. The normalized spacial score (nSPS) is 22.4. The smallest absolute Gasteiger partial charge is 0.251 e. The highest BCUT2D eigenvalue weighted by Crippen LogP contribution is 2.20. The molecular weight excluding hydrogens is 258 g/mol. The molecule has 0 aromatic heterocycles. The van der Waals surface area contributed by atoms with E-state index in [9.17, 15) is 4.79 Å². The van der Waals surface area contributed by atoms with Crippen LogP contribution in [0.5, 0.6) is 0 Å². The molecule has 1 fully saturated rings. The lowest BCUT2D eigenvalue weighted by Crippen LogP contribution is -2.42. The van der Waals surface area contributed by atoms with Crippen LogP contribution in [0.15, 0.2) is 0 Å². The second-order valence-electron chi connectivity index (χ2n) is 5.53. The SMILES string of the molecule is COCCN(CCCN(C)C)C(=O)C1CCC(CN)O1. The minimum atomic E-state index is -0.320. The summed E-state index contributed by atoms with van der Waals surface area (Å²) in [6, 6.07) is 0. The van der Waals surface area contributed by atoms with E-state index < -0.39 is 0 Å². The fraction of sp³-hybridized carbons (Fsp3) is 0.929. The molecule has 1 rings (SSSR count). The van der Waals surface area contributed by atoms with Crippen LogP contribution >= 0.6 is 0 Å². The first-order valence-corrected chi connectivity index (χ1v) is 7.36. The Morgan fingerprint density at radius 3 is 2.60 bits per heavy atom. The van der Waals surface area contributed by atoms with Gasteiger partial charge in [0.1, 0.15) is 6.10 Å². The third kappa shape index (κ3) is 5.75. The van der Waals surface area contributed by atoms with E-state index in [0.29, 0.717) is 19.7 Å². The average molecular weight is 287 g/mol. The first-order valence-electron chi connectivity index (χ1n) is 7.36. The molecule has 1 amide bonds. The van der Waals surface area contributed by atoms with Crippen molar-refractivity contribution in [2.24, 2.45) is 5.73 Å². The largest absolute Gasteiger partial charge is 0.383 e. The van der Waals surface area contributed by atoms with Gasteiger partial charge in [0, 0.05) is 26.7 Å². The summed E-state index contributed by atoms with van der Waals surface area (Å²) >= 11 is 0. The Labute approximate surface area is 122 Å². The highest BCUT2D eigenvalue weighted by Gasteiger charge is 2.32. The third-order valence-corrected chi connectivity index (χ3v) is 3.56. The quantitative estimate of drug-likeness (QED) is 0.642. The van der Waals surface area contributed by atoms with Gasteiger partial charge in [-0.25, -0.2) is 0 Å². The summed E-state index contributed by atoms with van der Waals surface area (Å²) in [4.78, 5) is 16.5. The summed E-state index contributed by atoms with van der Waals surface area (Å²) in [6.07, 6.45) is 2.32. The first-order chi connectivity index (χ1) is 9.58. The topological polar surface area (TPSA) is 68.0 Å². The van der Waals surface area contributed by atoms with Crippen molar-refractivity contribution in [1.82, 2.24) is 9.80 Å². The maximum Gasteiger partial charge on any atom is 0.251 e. The number of methoxy groups -OCH3 is 1. The van der Waals surface area contributed by atoms with E-state index in [1.165, 1.54) is 0 Å². The zero-order chi connectivity index (χ0) is 15.0. The minimum absolute atomic E-state index is 0.0370. The lowest BCUT2D eigenvalue weighted by atomic mass is 10.1. The maximum atomic E-state index is 12.5. The highest BCUT2D eigenvalue weighted by atomic mass is 16.5. The Hall–Kier alpha value is -0.690. The molecule has 2 unspecified atom stereocenters. The Morgan fingerprint density at radius 1 is 1.30 bits per heavy atom. The molecule has 0 bridgehead atoms. The number of hydrogen-bond donors (Lipinski definition) is 1. The molecular formula is C14H29N3O3. The molecule has 2 N–H and O–H groups in total. The Kier molecular flexibility index (Phi) is 8.06. The van der Waals surface area contributed by atoms with Crippen molar-refractivity contribution in [2.45, 2.75) is 31.5 Å². The van der Waals surface area contributed by atoms with Crippen molar-refractivity contribution >= 4 is 5.91 Å². The summed E-state index contributed by atoms with van der Waals surface area (Å²) < 4.78 is 10.8. The number of carbonyl (C=O) groups excluding carboxylic acids is 1. The van der Waals surface area contributed by atoms with Gasteiger partial charge in [-0.2, -0.15) is 0 Å². The van der Waals surface area contributed by atoms with Crippen molar-refractivity contribution in [3.05, 3.63) is 0 Å². The molecule has 0 aliphatic carbocycles. The van der Waals surface area contributed by atoms with Crippen LogP contribution < -0.4 is 5.73 Å². The zero-order valence-electron chi connectivity index (χ0n) is 13.0. The van der Waals surface area contributed by atoms with Crippen LogP contribution in [0.25, 0.3) is 0 Å². The summed E-state index contributed by atoms with van der Waals surface area (Å²) in [7, 11) is 5.72. The zero-order valence-corrected chi connectivity index (χ0v) is 13.0. The van der Waals surface area contributed by atoms with Gasteiger partial charge in [-0.15, -0.1) is 0 Å². The number of amides is 1. The van der Waals surface area contributed by atoms with Crippen LogP contribution in [0.1, 0.15) is 19.3 Å². The van der Waals surface area contributed by atoms with Crippen LogP contribution in [0.3, 0.4) is 0 Å². The standard InChI is InChI=1S/C14H29N3O3/c1-16(2)7-4-8-17(9-10-19-3)14(18)13-6-5-12(11-15)20-13/h12-13H,4-11,15H2,1-3H3. The second-order valence-corrected chi connectivity index (χ2v) is 5.53. The van der Waals surface area contributed by atoms with E-state index in [1.807, 2.05) is 19.0 Å². The summed E-state index contributed by atoms with van der Waals surface area (Å²) in [5.74, 6) is 0.0803. The highest BCUT2D eigenvalue weighted by molar-refractivity contribution is 5.81. The Morgan fingerprint density at radius 2 is 2.05 bits per heavy atom. The maximum absolute atomic E-state index is 12.5. The van der Waals surface area contributed by atoms with Gasteiger partial charge in [0.25, 0.3) is 5.91 Å². The van der Waals surface area contributed by atoms with Crippen LogP contribution in [-0.2, 0) is 14.3 Å². The predicted octanol–water partition coefficient (Wildman–Crippen LogP) is -0.0806. The van der Waals surface area contributed by atoms with Gasteiger partial charge in [-0.05, 0) is 39.9 Å². The van der Waals surface area contributed by atoms with E-state index in [0.717, 1.165) is 32.4 Å². The molecule has 0 saturated carbocycles. The van der Waals surface area contributed by atoms with Gasteiger partial charge in [0.2, 0.25) is 0 Å². The number of nitrogens with zero attached hydrogens (tertiary/aromatic N) is 2. The molecule has 1 aliphatic rings. The van der Waals surface area contributed by atoms with Crippen molar-refractivity contribution in [1.29, 1.82) is 0 Å². The Bertz CT molecular complexity index is 287. The molecule has 0 aromatic carbocycles. The van der Waals surface area contributed by atoms with Gasteiger partial charge in [-0.3, -0.25) is 4.79 Å². The number of nitrogens with two attached hydrogens (primary N) is 1. The minimum Gasteiger partial charge on any atom is -0.383 e. The summed E-state index contributed by atoms with van der Waals surface area (Å²) in [5.41, 5.74) is 5.59. The van der Waals surface area contributed by atoms with Crippen LogP contribution in [0.2, 0.25) is 0 Å². The van der Waals surface area contributed by atoms with E-state index in [4.69, 9.17) is 15.2 Å². The summed E-state index contributed by atoms with van der Waals surface area (Å²) in [6.45, 7) is 3.38. The van der Waals surface area contributed by atoms with Gasteiger partial charge in [0.05, 0.1) is 12.7 Å². The van der Waals surface area contributed by atoms with E-state index in [-0.39, 0.29) is 18.1 Å². The molecule has 118 valence electrons. The van der Waals surface area contributed by atoms with Crippen LogP contribution in [0, 0.1) is 0 Å². The number of carbonyl (C=O) groups is 1. The van der Waals surface area contributed by atoms with Gasteiger partial charge >= 0.3 is 0 Å². The van der Waals surface area contributed by atoms with E-state index in [2.05, 4.69) is 4.90 Å². The molecule has 20 heavy (non-hydrogen) atoms. The molecule has 1 heterocycles. The molecule has 0 radical (unpaired) electrons. The summed E-state index contributed by atoms with van der Waals surface area (Å²) in [5, 5.41) is 0. The molecule has 6 nitrogen and oxygen atoms in total. The van der Waals surface area contributed by atoms with E-state index in [1.54, 1.807) is 7.11 Å². The average Bonchev–Trinajstić information content (AvgIpc) is 2.90. The molecule has 6 heteroatoms. The number of ether oxygens (including phenoxy) is 2. The van der Waals surface area contributed by atoms with Crippen molar-refractivity contribution in [3.63, 3.8) is 0 Å². The molecule has 0 spiro atoms. The molecule has 1 aliphatic heterocycles. The van der Waals surface area contributed by atoms with Crippen LogP contribution in [0.4, 0.5) is 0 Å². The third-order valence-electron chi connectivity index (χ3n) is 3.56.